The van der Waals surface area contributed by atoms with Crippen molar-refractivity contribution in [1.82, 2.24) is 29.9 Å². The Kier molecular flexibility index (Phi) is 5.87. The highest BCUT2D eigenvalue weighted by molar-refractivity contribution is 5.92. The summed E-state index contributed by atoms with van der Waals surface area (Å²) in [5.41, 5.74) is 3.08. The Labute approximate surface area is 189 Å². The molecule has 1 fully saturated rings. The van der Waals surface area contributed by atoms with Crippen LogP contribution in [0.25, 0.3) is 22.6 Å². The summed E-state index contributed by atoms with van der Waals surface area (Å²) in [5, 5.41) is 20.8. The highest BCUT2D eigenvalue weighted by Crippen LogP contribution is 2.27. The van der Waals surface area contributed by atoms with Gasteiger partial charge in [-0.15, -0.1) is 5.10 Å². The maximum Gasteiger partial charge on any atom is 0.246 e. The number of nitrogens with zero attached hydrogens (tertiary/aromatic N) is 7. The quantitative estimate of drug-likeness (QED) is 0.449. The van der Waals surface area contributed by atoms with E-state index in [1.54, 1.807) is 24.5 Å². The normalized spacial score (nSPS) is 13.9. The fourth-order valence-electron chi connectivity index (χ4n) is 3.66. The monoisotopic (exact) mass is 446 g/mol. The van der Waals surface area contributed by atoms with E-state index in [1.165, 1.54) is 4.68 Å². The van der Waals surface area contributed by atoms with Gasteiger partial charge in [-0.3, -0.25) is 9.78 Å². The standard InChI is InChI=1S/C22H22N8O3/c31-14-15-3-1-4-16(11-15)20-25-21(29-7-9-33-10-8-29)19-22(26-20)30(28-27-19)13-18(32)24-17-5-2-6-23-12-17/h1-6,11-12,31H,7-10,13-14H2,(H,24,32). The first-order valence-corrected chi connectivity index (χ1v) is 10.6. The van der Waals surface area contributed by atoms with Crippen LogP contribution < -0.4 is 10.2 Å². The molecule has 11 nitrogen and oxygen atoms in total. The zero-order valence-electron chi connectivity index (χ0n) is 17.8. The molecule has 0 saturated carbocycles. The van der Waals surface area contributed by atoms with Crippen LogP contribution in [-0.2, 0) is 22.7 Å². The molecule has 0 atom stereocenters. The largest absolute Gasteiger partial charge is 0.392 e. The number of anilines is 2. The van der Waals surface area contributed by atoms with Gasteiger partial charge in [-0.2, -0.15) is 0 Å². The average Bonchev–Trinajstić information content (AvgIpc) is 3.27. The number of ether oxygens (including phenoxy) is 1. The molecule has 2 N–H and O–H groups in total. The van der Waals surface area contributed by atoms with Gasteiger partial charge in [0, 0.05) is 24.8 Å². The van der Waals surface area contributed by atoms with Crippen LogP contribution in [0.3, 0.4) is 0 Å². The molecular formula is C22H22N8O3. The second-order valence-corrected chi connectivity index (χ2v) is 7.54. The smallest absolute Gasteiger partial charge is 0.246 e. The van der Waals surface area contributed by atoms with Crippen LogP contribution in [0.15, 0.2) is 48.8 Å². The van der Waals surface area contributed by atoms with Crippen molar-refractivity contribution in [3.8, 4) is 11.4 Å². The third-order valence-corrected chi connectivity index (χ3v) is 5.26. The molecule has 33 heavy (non-hydrogen) atoms. The Morgan fingerprint density at radius 2 is 2.03 bits per heavy atom. The van der Waals surface area contributed by atoms with Gasteiger partial charge in [-0.25, -0.2) is 14.6 Å². The van der Waals surface area contributed by atoms with Gasteiger partial charge in [-0.05, 0) is 23.8 Å². The lowest BCUT2D eigenvalue weighted by Gasteiger charge is -2.28. The predicted molar refractivity (Wildman–Crippen MR) is 120 cm³/mol. The average molecular weight is 446 g/mol. The van der Waals surface area contributed by atoms with Gasteiger partial charge >= 0.3 is 0 Å². The molecule has 0 aliphatic carbocycles. The molecule has 1 aliphatic heterocycles. The van der Waals surface area contributed by atoms with Gasteiger partial charge in [0.25, 0.3) is 0 Å². The van der Waals surface area contributed by atoms with Crippen molar-refractivity contribution in [2.24, 2.45) is 0 Å². The Balaban J connectivity index is 1.54. The molecule has 0 unspecified atom stereocenters. The minimum absolute atomic E-state index is 0.0684. The lowest BCUT2D eigenvalue weighted by Crippen LogP contribution is -2.37. The van der Waals surface area contributed by atoms with E-state index in [1.807, 2.05) is 24.3 Å². The number of hydrogen-bond donors (Lipinski definition) is 2. The molecule has 1 saturated heterocycles. The first-order chi connectivity index (χ1) is 16.2. The third kappa shape index (κ3) is 4.49. The number of pyridine rings is 1. The molecule has 0 bridgehead atoms. The van der Waals surface area contributed by atoms with Crippen molar-refractivity contribution in [3.05, 3.63) is 54.4 Å². The first-order valence-electron chi connectivity index (χ1n) is 10.6. The van der Waals surface area contributed by atoms with Crippen molar-refractivity contribution < 1.29 is 14.6 Å². The van der Waals surface area contributed by atoms with Crippen molar-refractivity contribution in [2.75, 3.05) is 36.5 Å². The number of nitrogens with one attached hydrogen (secondary N) is 1. The SMILES string of the molecule is O=C(Cn1nnc2c(N3CCOCC3)nc(-c3cccc(CO)c3)nc21)Nc1cccnc1. The topological polar surface area (TPSA) is 131 Å². The number of amides is 1. The molecule has 3 aromatic heterocycles. The number of aromatic nitrogens is 6. The molecule has 1 aromatic carbocycles. The number of carbonyl (C=O) groups is 1. The Bertz CT molecular complexity index is 1270. The van der Waals surface area contributed by atoms with Crippen molar-refractivity contribution in [1.29, 1.82) is 0 Å². The number of aliphatic hydroxyl groups is 1. The third-order valence-electron chi connectivity index (χ3n) is 5.26. The Morgan fingerprint density at radius 1 is 1.15 bits per heavy atom. The Morgan fingerprint density at radius 3 is 2.82 bits per heavy atom. The number of rotatable bonds is 6. The van der Waals surface area contributed by atoms with E-state index in [0.717, 1.165) is 11.1 Å². The van der Waals surface area contributed by atoms with Crippen molar-refractivity contribution in [3.63, 3.8) is 0 Å². The minimum Gasteiger partial charge on any atom is -0.392 e. The van der Waals surface area contributed by atoms with E-state index in [0.29, 0.717) is 54.8 Å². The summed E-state index contributed by atoms with van der Waals surface area (Å²) in [7, 11) is 0. The van der Waals surface area contributed by atoms with E-state index in [9.17, 15) is 9.90 Å². The first kappa shape index (κ1) is 20.9. The second-order valence-electron chi connectivity index (χ2n) is 7.54. The van der Waals surface area contributed by atoms with E-state index in [4.69, 9.17) is 14.7 Å². The number of aliphatic hydroxyl groups excluding tert-OH is 1. The van der Waals surface area contributed by atoms with E-state index >= 15 is 0 Å². The molecule has 4 heterocycles. The molecule has 11 heteroatoms. The molecule has 5 rings (SSSR count). The summed E-state index contributed by atoms with van der Waals surface area (Å²) in [6.07, 6.45) is 3.21. The number of fused-ring (bicyclic) bond motifs is 1. The van der Waals surface area contributed by atoms with E-state index < -0.39 is 0 Å². The van der Waals surface area contributed by atoms with Crippen molar-refractivity contribution >= 4 is 28.6 Å². The number of benzene rings is 1. The van der Waals surface area contributed by atoms with Gasteiger partial charge in [0.05, 0.1) is 31.7 Å². The molecule has 4 aromatic rings. The van der Waals surface area contributed by atoms with Crippen LogP contribution in [-0.4, -0.2) is 67.3 Å². The molecular weight excluding hydrogens is 424 g/mol. The predicted octanol–water partition coefficient (Wildman–Crippen LogP) is 1.25. The molecule has 0 spiro atoms. The van der Waals surface area contributed by atoms with Crippen LogP contribution in [0.2, 0.25) is 0 Å². The highest BCUT2D eigenvalue weighted by Gasteiger charge is 2.22. The Hall–Kier alpha value is -3.96. The number of carbonyl (C=O) groups excluding carboxylic acids is 1. The van der Waals surface area contributed by atoms with Gasteiger partial charge in [0.2, 0.25) is 5.91 Å². The lowest BCUT2D eigenvalue weighted by atomic mass is 10.1. The summed E-state index contributed by atoms with van der Waals surface area (Å²) in [5.74, 6) is 0.840. The second kappa shape index (κ2) is 9.27. The van der Waals surface area contributed by atoms with Crippen LogP contribution in [0, 0.1) is 0 Å². The summed E-state index contributed by atoms with van der Waals surface area (Å²) >= 11 is 0. The highest BCUT2D eigenvalue weighted by atomic mass is 16.5. The van der Waals surface area contributed by atoms with Crippen LogP contribution >= 0.6 is 0 Å². The zero-order chi connectivity index (χ0) is 22.6. The van der Waals surface area contributed by atoms with Gasteiger partial charge in [-0.1, -0.05) is 23.4 Å². The maximum absolute atomic E-state index is 12.6. The summed E-state index contributed by atoms with van der Waals surface area (Å²) < 4.78 is 6.95. The van der Waals surface area contributed by atoms with Crippen molar-refractivity contribution in [2.45, 2.75) is 13.2 Å². The molecule has 0 radical (unpaired) electrons. The minimum atomic E-state index is -0.273. The maximum atomic E-state index is 12.6. The van der Waals surface area contributed by atoms with Gasteiger partial charge in [0.1, 0.15) is 6.54 Å². The fourth-order valence-corrected chi connectivity index (χ4v) is 3.66. The summed E-state index contributed by atoms with van der Waals surface area (Å²) in [6.45, 7) is 2.35. The lowest BCUT2D eigenvalue weighted by molar-refractivity contribution is -0.116. The van der Waals surface area contributed by atoms with Crippen LogP contribution in [0.5, 0.6) is 0 Å². The number of morpholine rings is 1. The van der Waals surface area contributed by atoms with E-state index in [-0.39, 0.29) is 19.1 Å². The molecule has 1 aliphatic rings. The molecule has 168 valence electrons. The van der Waals surface area contributed by atoms with E-state index in [2.05, 4.69) is 25.5 Å². The van der Waals surface area contributed by atoms with Crippen LogP contribution in [0.4, 0.5) is 11.5 Å². The fraction of sp³-hybridized carbons (Fsp3) is 0.273. The molecule has 1 amide bonds. The van der Waals surface area contributed by atoms with Gasteiger partial charge < -0.3 is 20.1 Å². The van der Waals surface area contributed by atoms with Gasteiger partial charge in [0.15, 0.2) is 22.8 Å². The summed E-state index contributed by atoms with van der Waals surface area (Å²) in [4.78, 5) is 28.2. The number of hydrogen-bond acceptors (Lipinski definition) is 9. The summed E-state index contributed by atoms with van der Waals surface area (Å²) in [6, 6.07) is 10.9. The zero-order valence-corrected chi connectivity index (χ0v) is 17.8. The van der Waals surface area contributed by atoms with Crippen LogP contribution in [0.1, 0.15) is 5.56 Å².